The molecule has 1 aromatic carbocycles. The van der Waals surface area contributed by atoms with Crippen LogP contribution < -0.4 is 5.73 Å². The van der Waals surface area contributed by atoms with Gasteiger partial charge in [0.05, 0.1) is 16.1 Å². The van der Waals surface area contributed by atoms with E-state index in [4.69, 9.17) is 28.9 Å². The van der Waals surface area contributed by atoms with Crippen molar-refractivity contribution in [2.45, 2.75) is 17.4 Å². The molecule has 5 nitrogen and oxygen atoms in total. The number of sulfonamides is 1. The normalized spacial score (nSPS) is 21.4. The summed E-state index contributed by atoms with van der Waals surface area (Å²) in [5.74, 6) is 0. The van der Waals surface area contributed by atoms with E-state index in [-0.39, 0.29) is 28.0 Å². The maximum atomic E-state index is 12.3. The first kappa shape index (κ1) is 13.9. The van der Waals surface area contributed by atoms with Crippen LogP contribution in [0.5, 0.6) is 0 Å². The summed E-state index contributed by atoms with van der Waals surface area (Å²) in [7, 11) is -3.80. The minimum absolute atomic E-state index is 0.0126. The second kappa shape index (κ2) is 4.86. The lowest BCUT2D eigenvalue weighted by Gasteiger charge is -2.17. The zero-order valence-corrected chi connectivity index (χ0v) is 11.6. The molecule has 8 heteroatoms. The van der Waals surface area contributed by atoms with Gasteiger partial charge < -0.3 is 10.8 Å². The molecule has 0 aliphatic carbocycles. The van der Waals surface area contributed by atoms with Crippen molar-refractivity contribution >= 4 is 38.9 Å². The van der Waals surface area contributed by atoms with E-state index < -0.39 is 16.1 Å². The van der Waals surface area contributed by atoms with Gasteiger partial charge in [0.1, 0.15) is 4.90 Å². The second-order valence-electron chi connectivity index (χ2n) is 4.12. The van der Waals surface area contributed by atoms with Crippen molar-refractivity contribution in [3.63, 3.8) is 0 Å². The van der Waals surface area contributed by atoms with Crippen LogP contribution in [0, 0.1) is 0 Å². The standard InChI is InChI=1S/C10H12Cl2N2O3S/c11-8-3-6(13)4-9(12)10(8)18(16,17)14-2-1-7(15)5-14/h3-4,7,15H,1-2,5,13H2. The summed E-state index contributed by atoms with van der Waals surface area (Å²) in [6.45, 7) is 0.305. The zero-order chi connectivity index (χ0) is 13.5. The smallest absolute Gasteiger partial charge is 0.246 e. The van der Waals surface area contributed by atoms with Crippen molar-refractivity contribution in [1.29, 1.82) is 0 Å². The number of halogens is 2. The summed E-state index contributed by atoms with van der Waals surface area (Å²) in [5.41, 5.74) is 5.83. The van der Waals surface area contributed by atoms with Crippen molar-refractivity contribution in [3.8, 4) is 0 Å². The third kappa shape index (κ3) is 2.44. The third-order valence-electron chi connectivity index (χ3n) is 2.74. The first-order chi connectivity index (χ1) is 8.32. The molecule has 0 saturated carbocycles. The Morgan fingerprint density at radius 2 is 1.89 bits per heavy atom. The molecule has 18 heavy (non-hydrogen) atoms. The van der Waals surface area contributed by atoms with Crippen LogP contribution in [0.3, 0.4) is 0 Å². The molecule has 1 aliphatic rings. The van der Waals surface area contributed by atoms with Crippen LogP contribution in [0.2, 0.25) is 10.0 Å². The summed E-state index contributed by atoms with van der Waals surface area (Å²) < 4.78 is 25.8. The predicted octanol–water partition coefficient (Wildman–Crippen LogP) is 1.33. The molecule has 1 heterocycles. The highest BCUT2D eigenvalue weighted by atomic mass is 35.5. The van der Waals surface area contributed by atoms with E-state index >= 15 is 0 Å². The molecule has 0 spiro atoms. The number of anilines is 1. The Morgan fingerprint density at radius 1 is 1.33 bits per heavy atom. The molecule has 0 aromatic heterocycles. The molecule has 1 saturated heterocycles. The van der Waals surface area contributed by atoms with Crippen LogP contribution in [0.4, 0.5) is 5.69 Å². The molecule has 1 atom stereocenters. The Morgan fingerprint density at radius 3 is 2.33 bits per heavy atom. The fraction of sp³-hybridized carbons (Fsp3) is 0.400. The highest BCUT2D eigenvalue weighted by Gasteiger charge is 2.34. The quantitative estimate of drug-likeness (QED) is 0.807. The molecule has 100 valence electrons. The van der Waals surface area contributed by atoms with Crippen molar-refractivity contribution < 1.29 is 13.5 Å². The number of nitrogens with two attached hydrogens (primary N) is 1. The maximum absolute atomic E-state index is 12.3. The number of benzene rings is 1. The number of aliphatic hydroxyl groups excluding tert-OH is 1. The lowest BCUT2D eigenvalue weighted by molar-refractivity contribution is 0.189. The molecule has 1 aromatic rings. The minimum Gasteiger partial charge on any atom is -0.399 e. The average molecular weight is 311 g/mol. The SMILES string of the molecule is Nc1cc(Cl)c(S(=O)(=O)N2CCC(O)C2)c(Cl)c1. The summed E-state index contributed by atoms with van der Waals surface area (Å²) in [4.78, 5) is -0.158. The number of β-amino-alcohol motifs (C(OH)–C–C–N with tert-alkyl or cyclic N) is 1. The molecule has 0 amide bonds. The van der Waals surface area contributed by atoms with Crippen molar-refractivity contribution in [1.82, 2.24) is 4.31 Å². The summed E-state index contributed by atoms with van der Waals surface area (Å²) in [6.07, 6.45) is -0.241. The zero-order valence-electron chi connectivity index (χ0n) is 9.31. The van der Waals surface area contributed by atoms with E-state index in [2.05, 4.69) is 0 Å². The van der Waals surface area contributed by atoms with Crippen LogP contribution in [0.15, 0.2) is 17.0 Å². The van der Waals surface area contributed by atoms with Crippen molar-refractivity contribution in [2.75, 3.05) is 18.8 Å². The van der Waals surface area contributed by atoms with Gasteiger partial charge >= 0.3 is 0 Å². The molecule has 2 rings (SSSR count). The predicted molar refractivity (Wildman–Crippen MR) is 70.3 cm³/mol. The Kier molecular flexibility index (Phi) is 3.75. The van der Waals surface area contributed by atoms with Crippen molar-refractivity contribution in [2.24, 2.45) is 0 Å². The molecular weight excluding hydrogens is 299 g/mol. The van der Waals surface area contributed by atoms with E-state index in [0.29, 0.717) is 12.1 Å². The number of rotatable bonds is 2. The molecule has 1 unspecified atom stereocenters. The van der Waals surface area contributed by atoms with Crippen LogP contribution >= 0.6 is 23.2 Å². The summed E-state index contributed by atoms with van der Waals surface area (Å²) in [6, 6.07) is 2.68. The van der Waals surface area contributed by atoms with Gasteiger partial charge in [0.25, 0.3) is 0 Å². The Labute approximate surface area is 115 Å². The van der Waals surface area contributed by atoms with E-state index in [9.17, 15) is 13.5 Å². The Balaban J connectivity index is 2.48. The number of aliphatic hydroxyl groups is 1. The fourth-order valence-electron chi connectivity index (χ4n) is 1.88. The first-order valence-electron chi connectivity index (χ1n) is 5.25. The molecule has 1 fully saturated rings. The number of nitrogens with zero attached hydrogens (tertiary/aromatic N) is 1. The topological polar surface area (TPSA) is 83.6 Å². The van der Waals surface area contributed by atoms with Gasteiger partial charge in [-0.1, -0.05) is 23.2 Å². The van der Waals surface area contributed by atoms with Gasteiger partial charge in [-0.25, -0.2) is 8.42 Å². The molecule has 1 aliphatic heterocycles. The Hall–Kier alpha value is -0.530. The van der Waals surface area contributed by atoms with Crippen LogP contribution in [0.25, 0.3) is 0 Å². The average Bonchev–Trinajstić information content (AvgIpc) is 2.63. The van der Waals surface area contributed by atoms with Gasteiger partial charge in [-0.2, -0.15) is 4.31 Å². The van der Waals surface area contributed by atoms with Crippen LogP contribution in [-0.2, 0) is 10.0 Å². The van der Waals surface area contributed by atoms with E-state index in [1.807, 2.05) is 0 Å². The van der Waals surface area contributed by atoms with Gasteiger partial charge in [0.15, 0.2) is 0 Å². The molecule has 3 N–H and O–H groups in total. The largest absolute Gasteiger partial charge is 0.399 e. The van der Waals surface area contributed by atoms with E-state index in [1.165, 1.54) is 16.4 Å². The lowest BCUT2D eigenvalue weighted by Crippen LogP contribution is -2.30. The highest BCUT2D eigenvalue weighted by molar-refractivity contribution is 7.89. The molecule has 0 radical (unpaired) electrons. The number of hydrogen-bond donors (Lipinski definition) is 2. The van der Waals surface area contributed by atoms with E-state index in [0.717, 1.165) is 0 Å². The number of hydrogen-bond acceptors (Lipinski definition) is 4. The monoisotopic (exact) mass is 310 g/mol. The lowest BCUT2D eigenvalue weighted by atomic mass is 10.3. The van der Waals surface area contributed by atoms with Gasteiger partial charge in [-0.15, -0.1) is 0 Å². The van der Waals surface area contributed by atoms with Crippen LogP contribution in [0.1, 0.15) is 6.42 Å². The van der Waals surface area contributed by atoms with Crippen molar-refractivity contribution in [3.05, 3.63) is 22.2 Å². The van der Waals surface area contributed by atoms with Gasteiger partial charge in [0, 0.05) is 18.8 Å². The minimum atomic E-state index is -3.80. The first-order valence-corrected chi connectivity index (χ1v) is 7.44. The maximum Gasteiger partial charge on any atom is 0.246 e. The second-order valence-corrected chi connectivity index (χ2v) is 6.81. The highest BCUT2D eigenvalue weighted by Crippen LogP contribution is 2.34. The molecule has 0 bridgehead atoms. The molecular formula is C10H12Cl2N2O3S. The summed E-state index contributed by atoms with van der Waals surface area (Å²) >= 11 is 11.8. The van der Waals surface area contributed by atoms with E-state index in [1.54, 1.807) is 0 Å². The summed E-state index contributed by atoms with van der Waals surface area (Å²) in [5, 5.41) is 9.38. The fourth-order valence-corrected chi connectivity index (χ4v) is 4.56. The van der Waals surface area contributed by atoms with Gasteiger partial charge in [0.2, 0.25) is 10.0 Å². The van der Waals surface area contributed by atoms with Crippen LogP contribution in [-0.4, -0.2) is 37.0 Å². The third-order valence-corrected chi connectivity index (χ3v) is 5.53. The van der Waals surface area contributed by atoms with Gasteiger partial charge in [-0.3, -0.25) is 0 Å². The number of nitrogen functional groups attached to an aromatic ring is 1. The Bertz CT molecular complexity index is 553. The van der Waals surface area contributed by atoms with Gasteiger partial charge in [-0.05, 0) is 18.6 Å².